The van der Waals surface area contributed by atoms with Crippen LogP contribution in [-0.4, -0.2) is 51.7 Å². The highest BCUT2D eigenvalue weighted by Gasteiger charge is 2.28. The second-order valence-corrected chi connectivity index (χ2v) is 6.75. The number of hydrogen-bond donors (Lipinski definition) is 1. The fraction of sp³-hybridized carbons (Fsp3) is 0.500. The Morgan fingerprint density at radius 1 is 1.36 bits per heavy atom. The summed E-state index contributed by atoms with van der Waals surface area (Å²) in [6.07, 6.45) is -0.610. The largest absolute Gasteiger partial charge is 0.450 e. The summed E-state index contributed by atoms with van der Waals surface area (Å²) in [6.45, 7) is 5.10. The van der Waals surface area contributed by atoms with E-state index in [9.17, 15) is 13.2 Å². The SMILES string of the molecule is CCOC(=O)Nc1ccc(C)c(S(=O)(=O)N2CCOCC2)c1. The third kappa shape index (κ3) is 3.76. The zero-order valence-electron chi connectivity index (χ0n) is 12.7. The summed E-state index contributed by atoms with van der Waals surface area (Å²) in [5.41, 5.74) is 1.01. The van der Waals surface area contributed by atoms with Gasteiger partial charge in [-0.15, -0.1) is 0 Å². The number of nitrogens with one attached hydrogen (secondary N) is 1. The molecule has 122 valence electrons. The molecule has 7 nitrogen and oxygen atoms in total. The van der Waals surface area contributed by atoms with E-state index in [-0.39, 0.29) is 11.5 Å². The summed E-state index contributed by atoms with van der Waals surface area (Å²) in [4.78, 5) is 11.6. The highest BCUT2D eigenvalue weighted by molar-refractivity contribution is 7.89. The lowest BCUT2D eigenvalue weighted by Gasteiger charge is -2.26. The number of rotatable bonds is 4. The predicted octanol–water partition coefficient (Wildman–Crippen LogP) is 1.58. The molecular weight excluding hydrogens is 308 g/mol. The molecule has 1 aromatic carbocycles. The molecule has 1 N–H and O–H groups in total. The van der Waals surface area contributed by atoms with Crippen molar-refractivity contribution in [3.05, 3.63) is 23.8 Å². The third-order valence-corrected chi connectivity index (χ3v) is 5.34. The minimum absolute atomic E-state index is 0.184. The van der Waals surface area contributed by atoms with Gasteiger partial charge in [-0.1, -0.05) is 6.07 Å². The van der Waals surface area contributed by atoms with Crippen LogP contribution in [0.25, 0.3) is 0 Å². The van der Waals surface area contributed by atoms with E-state index >= 15 is 0 Å². The fourth-order valence-electron chi connectivity index (χ4n) is 2.17. The molecule has 22 heavy (non-hydrogen) atoms. The fourth-order valence-corrected chi connectivity index (χ4v) is 3.83. The van der Waals surface area contributed by atoms with Crippen LogP contribution in [-0.2, 0) is 19.5 Å². The molecule has 0 spiro atoms. The molecule has 0 saturated carbocycles. The van der Waals surface area contributed by atoms with Crippen LogP contribution in [0.2, 0.25) is 0 Å². The molecule has 1 heterocycles. The second kappa shape index (κ2) is 7.08. The van der Waals surface area contributed by atoms with Gasteiger partial charge in [-0.2, -0.15) is 4.31 Å². The molecule has 0 aliphatic carbocycles. The van der Waals surface area contributed by atoms with Crippen molar-refractivity contribution in [3.63, 3.8) is 0 Å². The van der Waals surface area contributed by atoms with Crippen LogP contribution in [0.4, 0.5) is 10.5 Å². The van der Waals surface area contributed by atoms with E-state index in [1.54, 1.807) is 26.0 Å². The summed E-state index contributed by atoms with van der Waals surface area (Å²) in [5, 5.41) is 2.52. The van der Waals surface area contributed by atoms with Crippen molar-refractivity contribution in [2.24, 2.45) is 0 Å². The van der Waals surface area contributed by atoms with Gasteiger partial charge in [-0.25, -0.2) is 13.2 Å². The molecule has 1 fully saturated rings. The zero-order valence-corrected chi connectivity index (χ0v) is 13.5. The molecule has 1 amide bonds. The van der Waals surface area contributed by atoms with Crippen LogP contribution >= 0.6 is 0 Å². The Kier molecular flexibility index (Phi) is 5.38. The van der Waals surface area contributed by atoms with E-state index < -0.39 is 16.1 Å². The first-order valence-corrected chi connectivity index (χ1v) is 8.51. The third-order valence-electron chi connectivity index (χ3n) is 3.30. The number of benzene rings is 1. The molecular formula is C14H20N2O5S. The number of carbonyl (C=O) groups is 1. The molecule has 1 aromatic rings. The summed E-state index contributed by atoms with van der Waals surface area (Å²) < 4.78 is 36.8. The summed E-state index contributed by atoms with van der Waals surface area (Å²) in [5.74, 6) is 0. The Morgan fingerprint density at radius 2 is 2.05 bits per heavy atom. The Balaban J connectivity index is 2.27. The lowest BCUT2D eigenvalue weighted by molar-refractivity contribution is 0.0730. The van der Waals surface area contributed by atoms with Crippen LogP contribution in [0.1, 0.15) is 12.5 Å². The number of anilines is 1. The van der Waals surface area contributed by atoms with Crippen LogP contribution in [0.15, 0.2) is 23.1 Å². The van der Waals surface area contributed by atoms with Crippen molar-refractivity contribution in [1.29, 1.82) is 0 Å². The molecule has 1 aliphatic rings. The van der Waals surface area contributed by atoms with E-state index in [0.29, 0.717) is 37.6 Å². The topological polar surface area (TPSA) is 84.9 Å². The minimum atomic E-state index is -3.60. The normalized spacial score (nSPS) is 16.3. The Labute approximate surface area is 130 Å². The molecule has 8 heteroatoms. The van der Waals surface area contributed by atoms with Gasteiger partial charge in [0.1, 0.15) is 0 Å². The standard InChI is InChI=1S/C14H20N2O5S/c1-3-21-14(17)15-12-5-4-11(2)13(10-12)22(18,19)16-6-8-20-9-7-16/h4-5,10H,3,6-9H2,1-2H3,(H,15,17). The second-order valence-electron chi connectivity index (χ2n) is 4.84. The van der Waals surface area contributed by atoms with Crippen LogP contribution < -0.4 is 5.32 Å². The predicted molar refractivity (Wildman–Crippen MR) is 81.4 cm³/mol. The Morgan fingerprint density at radius 3 is 2.68 bits per heavy atom. The molecule has 0 unspecified atom stereocenters. The maximum atomic E-state index is 12.7. The monoisotopic (exact) mass is 328 g/mol. The van der Waals surface area contributed by atoms with Crippen molar-refractivity contribution in [2.75, 3.05) is 38.2 Å². The summed E-state index contributed by atoms with van der Waals surface area (Å²) in [6, 6.07) is 4.76. The Hall–Kier alpha value is -1.64. The van der Waals surface area contributed by atoms with Gasteiger partial charge in [0.05, 0.1) is 24.7 Å². The smallest absolute Gasteiger partial charge is 0.411 e. The molecule has 0 aromatic heterocycles. The van der Waals surface area contributed by atoms with E-state index in [2.05, 4.69) is 5.32 Å². The number of sulfonamides is 1. The van der Waals surface area contributed by atoms with Gasteiger partial charge in [0.25, 0.3) is 0 Å². The van der Waals surface area contributed by atoms with Gasteiger partial charge in [0.15, 0.2) is 0 Å². The zero-order chi connectivity index (χ0) is 16.2. The van der Waals surface area contributed by atoms with Crippen molar-refractivity contribution in [1.82, 2.24) is 4.31 Å². The number of carbonyl (C=O) groups excluding carboxylic acids is 1. The molecule has 0 atom stereocenters. The number of morpholine rings is 1. The highest BCUT2D eigenvalue weighted by Crippen LogP contribution is 2.24. The molecule has 1 saturated heterocycles. The van der Waals surface area contributed by atoms with Crippen molar-refractivity contribution in [2.45, 2.75) is 18.7 Å². The van der Waals surface area contributed by atoms with Crippen molar-refractivity contribution < 1.29 is 22.7 Å². The number of amides is 1. The minimum Gasteiger partial charge on any atom is -0.450 e. The van der Waals surface area contributed by atoms with Crippen LogP contribution in [0, 0.1) is 6.92 Å². The van der Waals surface area contributed by atoms with Gasteiger partial charge in [0, 0.05) is 18.8 Å². The maximum absolute atomic E-state index is 12.7. The van der Waals surface area contributed by atoms with Gasteiger partial charge in [0.2, 0.25) is 10.0 Å². The highest BCUT2D eigenvalue weighted by atomic mass is 32.2. The number of ether oxygens (including phenoxy) is 2. The van der Waals surface area contributed by atoms with E-state index in [0.717, 1.165) is 0 Å². The number of hydrogen-bond acceptors (Lipinski definition) is 5. The molecule has 0 bridgehead atoms. The lowest BCUT2D eigenvalue weighted by atomic mass is 10.2. The van der Waals surface area contributed by atoms with Gasteiger partial charge < -0.3 is 9.47 Å². The number of nitrogens with zero attached hydrogens (tertiary/aromatic N) is 1. The van der Waals surface area contributed by atoms with Crippen molar-refractivity contribution >= 4 is 21.8 Å². The van der Waals surface area contributed by atoms with Gasteiger partial charge in [-0.05, 0) is 31.5 Å². The van der Waals surface area contributed by atoms with E-state index in [4.69, 9.17) is 9.47 Å². The summed E-state index contributed by atoms with van der Waals surface area (Å²) >= 11 is 0. The van der Waals surface area contributed by atoms with E-state index in [1.165, 1.54) is 10.4 Å². The molecule has 2 rings (SSSR count). The molecule has 0 radical (unpaired) electrons. The average Bonchev–Trinajstić information content (AvgIpc) is 2.50. The average molecular weight is 328 g/mol. The number of aryl methyl sites for hydroxylation is 1. The van der Waals surface area contributed by atoms with Gasteiger partial charge in [-0.3, -0.25) is 5.32 Å². The first kappa shape index (κ1) is 16.7. The maximum Gasteiger partial charge on any atom is 0.411 e. The Bertz CT molecular complexity index is 639. The van der Waals surface area contributed by atoms with Crippen LogP contribution in [0.5, 0.6) is 0 Å². The first-order chi connectivity index (χ1) is 10.4. The quantitative estimate of drug-likeness (QED) is 0.907. The summed E-state index contributed by atoms with van der Waals surface area (Å²) in [7, 11) is -3.60. The van der Waals surface area contributed by atoms with Crippen molar-refractivity contribution in [3.8, 4) is 0 Å². The molecule has 1 aliphatic heterocycles. The first-order valence-electron chi connectivity index (χ1n) is 7.07. The van der Waals surface area contributed by atoms with Gasteiger partial charge >= 0.3 is 6.09 Å². The lowest BCUT2D eigenvalue weighted by Crippen LogP contribution is -2.40. The van der Waals surface area contributed by atoms with E-state index in [1.807, 2.05) is 0 Å². The van der Waals surface area contributed by atoms with Crippen LogP contribution in [0.3, 0.4) is 0 Å².